The van der Waals surface area contributed by atoms with Crippen LogP contribution in [0.4, 0.5) is 5.69 Å². The van der Waals surface area contributed by atoms with E-state index in [0.29, 0.717) is 12.1 Å². The summed E-state index contributed by atoms with van der Waals surface area (Å²) in [5.41, 5.74) is 1.33. The monoisotopic (exact) mass is 282 g/mol. The molecular formula is C13H19BrN2. The number of hydrogen-bond acceptors (Lipinski definition) is 2. The first kappa shape index (κ1) is 11.9. The molecule has 1 aliphatic heterocycles. The van der Waals surface area contributed by atoms with Crippen LogP contribution in [0.25, 0.3) is 0 Å². The molecule has 0 radical (unpaired) electrons. The van der Waals surface area contributed by atoms with Gasteiger partial charge < -0.3 is 10.2 Å². The molecule has 0 amide bonds. The van der Waals surface area contributed by atoms with Gasteiger partial charge in [-0.3, -0.25) is 0 Å². The summed E-state index contributed by atoms with van der Waals surface area (Å²) in [6.07, 6.45) is 1.24. The van der Waals surface area contributed by atoms with Gasteiger partial charge in [-0.1, -0.05) is 29.8 Å². The first-order chi connectivity index (χ1) is 7.65. The van der Waals surface area contributed by atoms with Crippen LogP contribution in [-0.4, -0.2) is 25.2 Å². The molecule has 1 aliphatic rings. The van der Waals surface area contributed by atoms with Gasteiger partial charge in [0.05, 0.1) is 0 Å². The minimum Gasteiger partial charge on any atom is -0.370 e. The minimum atomic E-state index is 0.579. The third kappa shape index (κ3) is 2.98. The van der Waals surface area contributed by atoms with Gasteiger partial charge in [0.25, 0.3) is 0 Å². The Morgan fingerprint density at radius 2 is 2.00 bits per heavy atom. The van der Waals surface area contributed by atoms with Crippen LogP contribution in [0.1, 0.15) is 20.3 Å². The lowest BCUT2D eigenvalue weighted by molar-refractivity contribution is 0.492. The summed E-state index contributed by atoms with van der Waals surface area (Å²) in [5, 5.41) is 3.60. The second-order valence-corrected chi connectivity index (χ2v) is 5.65. The maximum Gasteiger partial charge on any atom is 0.0367 e. The lowest BCUT2D eigenvalue weighted by Crippen LogP contribution is -2.36. The van der Waals surface area contributed by atoms with Crippen molar-refractivity contribution in [3.8, 4) is 0 Å². The highest BCUT2D eigenvalue weighted by Crippen LogP contribution is 2.22. The molecule has 1 aromatic carbocycles. The molecule has 1 unspecified atom stereocenters. The molecule has 0 saturated carbocycles. The SMILES string of the molecule is CC(C)NC1CCN(c2ccc(Br)cc2)C1. The molecule has 2 nitrogen and oxygen atoms in total. The van der Waals surface area contributed by atoms with Gasteiger partial charge in [-0.05, 0) is 30.7 Å². The number of nitrogens with zero attached hydrogens (tertiary/aromatic N) is 1. The molecule has 0 aromatic heterocycles. The molecular weight excluding hydrogens is 264 g/mol. The van der Waals surface area contributed by atoms with Gasteiger partial charge in [0.1, 0.15) is 0 Å². The van der Waals surface area contributed by atoms with Crippen molar-refractivity contribution in [2.45, 2.75) is 32.4 Å². The smallest absolute Gasteiger partial charge is 0.0367 e. The average molecular weight is 283 g/mol. The first-order valence-corrected chi connectivity index (χ1v) is 6.71. The topological polar surface area (TPSA) is 15.3 Å². The third-order valence-corrected chi connectivity index (χ3v) is 3.48. The van der Waals surface area contributed by atoms with Gasteiger partial charge in [0.2, 0.25) is 0 Å². The Labute approximate surface area is 106 Å². The van der Waals surface area contributed by atoms with E-state index in [1.807, 2.05) is 0 Å². The van der Waals surface area contributed by atoms with Gasteiger partial charge in [-0.2, -0.15) is 0 Å². The molecule has 1 saturated heterocycles. The van der Waals surface area contributed by atoms with Crippen LogP contribution in [0.15, 0.2) is 28.7 Å². The maximum absolute atomic E-state index is 3.60. The molecule has 0 bridgehead atoms. The zero-order valence-corrected chi connectivity index (χ0v) is 11.5. The van der Waals surface area contributed by atoms with Crippen LogP contribution in [-0.2, 0) is 0 Å². The van der Waals surface area contributed by atoms with E-state index in [4.69, 9.17) is 0 Å². The summed E-state index contributed by atoms with van der Waals surface area (Å²) in [5.74, 6) is 0. The number of benzene rings is 1. The van der Waals surface area contributed by atoms with E-state index in [9.17, 15) is 0 Å². The predicted octanol–water partition coefficient (Wildman–Crippen LogP) is 3.03. The quantitative estimate of drug-likeness (QED) is 0.917. The summed E-state index contributed by atoms with van der Waals surface area (Å²) in [6.45, 7) is 6.70. The predicted molar refractivity (Wildman–Crippen MR) is 73.0 cm³/mol. The number of rotatable bonds is 3. The third-order valence-electron chi connectivity index (χ3n) is 2.95. The highest BCUT2D eigenvalue weighted by Gasteiger charge is 2.22. The zero-order valence-electron chi connectivity index (χ0n) is 9.91. The number of halogens is 1. The second-order valence-electron chi connectivity index (χ2n) is 4.73. The van der Waals surface area contributed by atoms with Crippen LogP contribution in [0.2, 0.25) is 0 Å². The van der Waals surface area contributed by atoms with E-state index in [-0.39, 0.29) is 0 Å². The molecule has 1 N–H and O–H groups in total. The number of nitrogens with one attached hydrogen (secondary N) is 1. The molecule has 0 aliphatic carbocycles. The standard InChI is InChI=1S/C13H19BrN2/c1-10(2)15-12-7-8-16(9-12)13-5-3-11(14)4-6-13/h3-6,10,12,15H,7-9H2,1-2H3. The van der Waals surface area contributed by atoms with Crippen molar-refractivity contribution in [3.63, 3.8) is 0 Å². The zero-order chi connectivity index (χ0) is 11.5. The Hall–Kier alpha value is -0.540. The molecule has 1 heterocycles. The number of anilines is 1. The molecule has 88 valence electrons. The summed E-state index contributed by atoms with van der Waals surface area (Å²) in [6, 6.07) is 9.80. The highest BCUT2D eigenvalue weighted by atomic mass is 79.9. The van der Waals surface area contributed by atoms with Crippen molar-refractivity contribution >= 4 is 21.6 Å². The van der Waals surface area contributed by atoms with Gasteiger partial charge in [0.15, 0.2) is 0 Å². The first-order valence-electron chi connectivity index (χ1n) is 5.91. The Bertz CT molecular complexity index is 334. The molecule has 2 rings (SSSR count). The van der Waals surface area contributed by atoms with E-state index in [2.05, 4.69) is 64.3 Å². The summed E-state index contributed by atoms with van der Waals surface area (Å²) >= 11 is 3.47. The molecule has 1 aromatic rings. The fourth-order valence-electron chi connectivity index (χ4n) is 2.25. The Morgan fingerprint density at radius 1 is 1.31 bits per heavy atom. The van der Waals surface area contributed by atoms with Crippen LogP contribution in [0.5, 0.6) is 0 Å². The van der Waals surface area contributed by atoms with Crippen LogP contribution in [0, 0.1) is 0 Å². The van der Waals surface area contributed by atoms with Crippen molar-refractivity contribution in [2.75, 3.05) is 18.0 Å². The fourth-order valence-corrected chi connectivity index (χ4v) is 2.52. The Kier molecular flexibility index (Phi) is 3.87. The van der Waals surface area contributed by atoms with Crippen molar-refractivity contribution in [1.82, 2.24) is 5.32 Å². The van der Waals surface area contributed by atoms with Gasteiger partial charge in [0, 0.05) is 35.3 Å². The molecule has 3 heteroatoms. The lowest BCUT2D eigenvalue weighted by atomic mass is 10.2. The van der Waals surface area contributed by atoms with E-state index in [0.717, 1.165) is 17.6 Å². The molecule has 0 spiro atoms. The fraction of sp³-hybridized carbons (Fsp3) is 0.538. The molecule has 16 heavy (non-hydrogen) atoms. The van der Waals surface area contributed by atoms with Crippen molar-refractivity contribution < 1.29 is 0 Å². The van der Waals surface area contributed by atoms with Crippen molar-refractivity contribution in [2.24, 2.45) is 0 Å². The minimum absolute atomic E-state index is 0.579. The summed E-state index contributed by atoms with van der Waals surface area (Å²) in [4.78, 5) is 2.45. The van der Waals surface area contributed by atoms with Crippen LogP contribution >= 0.6 is 15.9 Å². The van der Waals surface area contributed by atoms with Crippen molar-refractivity contribution in [1.29, 1.82) is 0 Å². The van der Waals surface area contributed by atoms with Gasteiger partial charge >= 0.3 is 0 Å². The normalized spacial score (nSPS) is 20.8. The average Bonchev–Trinajstić information content (AvgIpc) is 2.66. The largest absolute Gasteiger partial charge is 0.370 e. The second kappa shape index (κ2) is 5.19. The van der Waals surface area contributed by atoms with E-state index in [1.165, 1.54) is 12.1 Å². The summed E-state index contributed by atoms with van der Waals surface area (Å²) in [7, 11) is 0. The van der Waals surface area contributed by atoms with E-state index >= 15 is 0 Å². The van der Waals surface area contributed by atoms with E-state index in [1.54, 1.807) is 0 Å². The lowest BCUT2D eigenvalue weighted by Gasteiger charge is -2.20. The van der Waals surface area contributed by atoms with Crippen molar-refractivity contribution in [3.05, 3.63) is 28.7 Å². The Balaban J connectivity index is 1.95. The van der Waals surface area contributed by atoms with Crippen LogP contribution in [0.3, 0.4) is 0 Å². The van der Waals surface area contributed by atoms with E-state index < -0.39 is 0 Å². The molecule has 1 fully saturated rings. The maximum atomic E-state index is 3.60. The van der Waals surface area contributed by atoms with Gasteiger partial charge in [-0.25, -0.2) is 0 Å². The summed E-state index contributed by atoms with van der Waals surface area (Å²) < 4.78 is 1.15. The molecule has 1 atom stereocenters. The Morgan fingerprint density at radius 3 is 2.62 bits per heavy atom. The van der Waals surface area contributed by atoms with Crippen LogP contribution < -0.4 is 10.2 Å². The highest BCUT2D eigenvalue weighted by molar-refractivity contribution is 9.10. The van der Waals surface area contributed by atoms with Gasteiger partial charge in [-0.15, -0.1) is 0 Å². The number of hydrogen-bond donors (Lipinski definition) is 1.